The third-order valence-corrected chi connectivity index (χ3v) is 4.06. The van der Waals surface area contributed by atoms with Crippen molar-refractivity contribution in [2.24, 2.45) is 10.7 Å². The van der Waals surface area contributed by atoms with E-state index in [0.29, 0.717) is 12.5 Å². The minimum atomic E-state index is 0.576. The van der Waals surface area contributed by atoms with Crippen LogP contribution in [0.2, 0.25) is 0 Å². The van der Waals surface area contributed by atoms with Crippen LogP contribution >= 0.6 is 11.3 Å². The van der Waals surface area contributed by atoms with Gasteiger partial charge in [-0.05, 0) is 19.3 Å². The van der Waals surface area contributed by atoms with Gasteiger partial charge in [0.1, 0.15) is 0 Å². The molecule has 5 nitrogen and oxygen atoms in total. The zero-order valence-electron chi connectivity index (χ0n) is 11.1. The SMILES string of the molecule is CN(C)c1nc(CN=C(N)N2CCCCC2)cs1. The van der Waals surface area contributed by atoms with Gasteiger partial charge in [-0.1, -0.05) is 0 Å². The molecule has 2 heterocycles. The van der Waals surface area contributed by atoms with Gasteiger partial charge in [0.15, 0.2) is 11.1 Å². The molecule has 0 atom stereocenters. The second-order valence-corrected chi connectivity index (χ2v) is 5.57. The molecule has 2 N–H and O–H groups in total. The Bertz CT molecular complexity index is 406. The van der Waals surface area contributed by atoms with Gasteiger partial charge >= 0.3 is 0 Å². The van der Waals surface area contributed by atoms with Crippen LogP contribution in [0.15, 0.2) is 10.4 Å². The van der Waals surface area contributed by atoms with E-state index in [1.54, 1.807) is 11.3 Å². The minimum Gasteiger partial charge on any atom is -0.370 e. The van der Waals surface area contributed by atoms with E-state index in [1.165, 1.54) is 19.3 Å². The zero-order chi connectivity index (χ0) is 13.0. The van der Waals surface area contributed by atoms with Crippen LogP contribution in [0.1, 0.15) is 25.0 Å². The first-order chi connectivity index (χ1) is 8.66. The van der Waals surface area contributed by atoms with Crippen molar-refractivity contribution in [2.75, 3.05) is 32.1 Å². The molecule has 1 aromatic heterocycles. The summed E-state index contributed by atoms with van der Waals surface area (Å²) in [4.78, 5) is 13.1. The van der Waals surface area contributed by atoms with E-state index in [1.807, 2.05) is 24.4 Å². The molecule has 1 aliphatic rings. The van der Waals surface area contributed by atoms with Crippen LogP contribution in [0.5, 0.6) is 0 Å². The van der Waals surface area contributed by atoms with Crippen LogP contribution < -0.4 is 10.6 Å². The van der Waals surface area contributed by atoms with Crippen molar-refractivity contribution in [3.8, 4) is 0 Å². The highest BCUT2D eigenvalue weighted by Gasteiger charge is 2.12. The summed E-state index contributed by atoms with van der Waals surface area (Å²) in [5.41, 5.74) is 6.99. The Hall–Kier alpha value is -1.30. The molecule has 0 spiro atoms. The van der Waals surface area contributed by atoms with Crippen LogP contribution in [0, 0.1) is 0 Å². The highest BCUT2D eigenvalue weighted by atomic mass is 32.1. The number of anilines is 1. The molecule has 0 aliphatic carbocycles. The van der Waals surface area contributed by atoms with Crippen molar-refractivity contribution in [1.82, 2.24) is 9.88 Å². The lowest BCUT2D eigenvalue weighted by Crippen LogP contribution is -2.40. The van der Waals surface area contributed by atoms with E-state index in [4.69, 9.17) is 5.73 Å². The molecule has 1 aromatic rings. The van der Waals surface area contributed by atoms with Crippen molar-refractivity contribution in [3.63, 3.8) is 0 Å². The number of guanidine groups is 1. The van der Waals surface area contributed by atoms with Crippen LogP contribution in [0.4, 0.5) is 5.13 Å². The maximum Gasteiger partial charge on any atom is 0.191 e. The summed E-state index contributed by atoms with van der Waals surface area (Å²) in [5.74, 6) is 0.661. The van der Waals surface area contributed by atoms with Gasteiger partial charge < -0.3 is 15.5 Å². The Kier molecular flexibility index (Phi) is 4.41. The molecule has 0 aromatic carbocycles. The van der Waals surface area contributed by atoms with Gasteiger partial charge in [0.25, 0.3) is 0 Å². The fourth-order valence-corrected chi connectivity index (χ4v) is 2.71. The molecular formula is C12H21N5S. The van der Waals surface area contributed by atoms with Gasteiger partial charge in [0.2, 0.25) is 0 Å². The number of likely N-dealkylation sites (tertiary alicyclic amines) is 1. The van der Waals surface area contributed by atoms with Gasteiger partial charge in [0, 0.05) is 32.6 Å². The Morgan fingerprint density at radius 3 is 2.78 bits per heavy atom. The van der Waals surface area contributed by atoms with Gasteiger partial charge in [-0.25, -0.2) is 9.98 Å². The summed E-state index contributed by atoms with van der Waals surface area (Å²) < 4.78 is 0. The largest absolute Gasteiger partial charge is 0.370 e. The second-order valence-electron chi connectivity index (χ2n) is 4.74. The quantitative estimate of drug-likeness (QED) is 0.666. The smallest absolute Gasteiger partial charge is 0.191 e. The molecule has 0 saturated carbocycles. The molecule has 1 aliphatic heterocycles. The lowest BCUT2D eigenvalue weighted by Gasteiger charge is -2.27. The highest BCUT2D eigenvalue weighted by Crippen LogP contribution is 2.18. The average molecular weight is 267 g/mol. The predicted molar refractivity (Wildman–Crippen MR) is 77.2 cm³/mol. The third-order valence-electron chi connectivity index (χ3n) is 3.01. The lowest BCUT2D eigenvalue weighted by atomic mass is 10.1. The molecular weight excluding hydrogens is 246 g/mol. The molecule has 1 saturated heterocycles. The molecule has 2 rings (SSSR count). The van der Waals surface area contributed by atoms with Crippen molar-refractivity contribution < 1.29 is 0 Å². The van der Waals surface area contributed by atoms with E-state index in [9.17, 15) is 0 Å². The number of aliphatic imine (C=N–C) groups is 1. The van der Waals surface area contributed by atoms with E-state index in [-0.39, 0.29) is 0 Å². The first-order valence-corrected chi connectivity index (χ1v) is 7.21. The fraction of sp³-hybridized carbons (Fsp3) is 0.667. The van der Waals surface area contributed by atoms with E-state index in [2.05, 4.69) is 14.9 Å². The number of nitrogens with two attached hydrogens (primary N) is 1. The number of aromatic nitrogens is 1. The third kappa shape index (κ3) is 3.35. The number of rotatable bonds is 3. The fourth-order valence-electron chi connectivity index (χ4n) is 1.96. The summed E-state index contributed by atoms with van der Waals surface area (Å²) in [6.07, 6.45) is 3.75. The number of hydrogen-bond donors (Lipinski definition) is 1. The van der Waals surface area contributed by atoms with Crippen molar-refractivity contribution >= 4 is 22.4 Å². The molecule has 0 unspecified atom stereocenters. The maximum atomic E-state index is 6.00. The Morgan fingerprint density at radius 1 is 1.44 bits per heavy atom. The van der Waals surface area contributed by atoms with Gasteiger partial charge in [-0.3, -0.25) is 0 Å². The van der Waals surface area contributed by atoms with Crippen LogP contribution in [0.25, 0.3) is 0 Å². The summed E-state index contributed by atoms with van der Waals surface area (Å²) in [7, 11) is 3.99. The summed E-state index contributed by atoms with van der Waals surface area (Å²) in [5, 5.41) is 3.05. The average Bonchev–Trinajstić information content (AvgIpc) is 2.86. The second kappa shape index (κ2) is 6.04. The van der Waals surface area contributed by atoms with Crippen LogP contribution in [-0.4, -0.2) is 43.0 Å². The Morgan fingerprint density at radius 2 is 2.17 bits per heavy atom. The predicted octanol–water partition coefficient (Wildman–Crippen LogP) is 1.51. The van der Waals surface area contributed by atoms with Crippen LogP contribution in [-0.2, 0) is 6.54 Å². The van der Waals surface area contributed by atoms with Crippen LogP contribution in [0.3, 0.4) is 0 Å². The molecule has 18 heavy (non-hydrogen) atoms. The monoisotopic (exact) mass is 267 g/mol. The number of thiazole rings is 1. The first kappa shape index (κ1) is 13.1. The molecule has 6 heteroatoms. The van der Waals surface area contributed by atoms with E-state index < -0.39 is 0 Å². The summed E-state index contributed by atoms with van der Waals surface area (Å²) in [6.45, 7) is 2.65. The molecule has 0 radical (unpaired) electrons. The van der Waals surface area contributed by atoms with Gasteiger partial charge in [-0.15, -0.1) is 11.3 Å². The van der Waals surface area contributed by atoms with E-state index >= 15 is 0 Å². The normalized spacial score (nSPS) is 17.0. The molecule has 0 amide bonds. The zero-order valence-corrected chi connectivity index (χ0v) is 11.9. The number of nitrogens with zero attached hydrogens (tertiary/aromatic N) is 4. The van der Waals surface area contributed by atoms with Crippen molar-refractivity contribution in [3.05, 3.63) is 11.1 Å². The topological polar surface area (TPSA) is 57.8 Å². The number of hydrogen-bond acceptors (Lipinski definition) is 4. The first-order valence-electron chi connectivity index (χ1n) is 6.33. The summed E-state index contributed by atoms with van der Waals surface area (Å²) in [6, 6.07) is 0. The minimum absolute atomic E-state index is 0.576. The van der Waals surface area contributed by atoms with Gasteiger partial charge in [-0.2, -0.15) is 0 Å². The number of piperidine rings is 1. The molecule has 1 fully saturated rings. The van der Waals surface area contributed by atoms with E-state index in [0.717, 1.165) is 23.9 Å². The highest BCUT2D eigenvalue weighted by molar-refractivity contribution is 7.13. The van der Waals surface area contributed by atoms with Gasteiger partial charge in [0.05, 0.1) is 12.2 Å². The Labute approximate surface area is 112 Å². The Balaban J connectivity index is 1.91. The lowest BCUT2D eigenvalue weighted by molar-refractivity contribution is 0.338. The summed E-state index contributed by atoms with van der Waals surface area (Å²) >= 11 is 1.64. The van der Waals surface area contributed by atoms with Crippen molar-refractivity contribution in [2.45, 2.75) is 25.8 Å². The standard InChI is InChI=1S/C12H21N5S/c1-16(2)12-15-10(9-18-12)8-14-11(13)17-6-4-3-5-7-17/h9H,3-8H2,1-2H3,(H2,13,14). The molecule has 0 bridgehead atoms. The maximum absolute atomic E-state index is 6.00. The van der Waals surface area contributed by atoms with Crippen molar-refractivity contribution in [1.29, 1.82) is 0 Å². The molecule has 100 valence electrons.